The summed E-state index contributed by atoms with van der Waals surface area (Å²) < 4.78 is 15.6. The highest BCUT2D eigenvalue weighted by atomic mass is 16.7. The molecule has 0 aromatic heterocycles. The smallest absolute Gasteiger partial charge is 0.412 e. The molecule has 2 aromatic rings. The Morgan fingerprint density at radius 3 is 2.00 bits per heavy atom. The molecule has 2 aromatic carbocycles. The lowest BCUT2D eigenvalue weighted by Crippen LogP contribution is -2.45. The number of rotatable bonds is 7. The summed E-state index contributed by atoms with van der Waals surface area (Å²) in [5.41, 5.74) is 4.02. The van der Waals surface area contributed by atoms with E-state index in [1.165, 1.54) is 11.8 Å². The van der Waals surface area contributed by atoms with Gasteiger partial charge >= 0.3 is 18.0 Å². The molecule has 0 radical (unpaired) electrons. The second-order valence-electron chi connectivity index (χ2n) is 7.68. The van der Waals surface area contributed by atoms with E-state index in [0.29, 0.717) is 24.0 Å². The van der Waals surface area contributed by atoms with Gasteiger partial charge in [-0.3, -0.25) is 4.79 Å². The molecular weight excluding hydrogens is 428 g/mol. The fraction of sp³-hybridized carbons (Fsp3) is 0.375. The number of benzene rings is 2. The maximum Gasteiger partial charge on any atom is 0.412 e. The first-order chi connectivity index (χ1) is 15.8. The van der Waals surface area contributed by atoms with Crippen LogP contribution in [0.15, 0.2) is 60.7 Å². The van der Waals surface area contributed by atoms with Gasteiger partial charge in [-0.05, 0) is 11.1 Å². The van der Waals surface area contributed by atoms with Crippen LogP contribution >= 0.6 is 0 Å². The number of nitrogens with two attached hydrogens (primary N) is 1. The Kier molecular flexibility index (Phi) is 8.02. The Labute approximate surface area is 192 Å². The summed E-state index contributed by atoms with van der Waals surface area (Å²) in [6.45, 7) is 1.68. The van der Waals surface area contributed by atoms with E-state index < -0.39 is 36.0 Å². The summed E-state index contributed by atoms with van der Waals surface area (Å²) in [6, 6.07) is 17.3. The SMILES string of the molecule is CC(OC(=O)CN)OC(=O)N1CCC(OC(=O)C(O)(c2ccccc2)c2ccccc2)CC1. The van der Waals surface area contributed by atoms with Gasteiger partial charge in [0.05, 0.1) is 6.54 Å². The van der Waals surface area contributed by atoms with Crippen molar-refractivity contribution in [3.8, 4) is 0 Å². The van der Waals surface area contributed by atoms with E-state index in [0.717, 1.165) is 0 Å². The number of likely N-dealkylation sites (tertiary alicyclic amines) is 1. The molecule has 1 saturated heterocycles. The maximum atomic E-state index is 13.2. The van der Waals surface area contributed by atoms with Gasteiger partial charge in [-0.2, -0.15) is 0 Å². The van der Waals surface area contributed by atoms with Gasteiger partial charge in [0.2, 0.25) is 11.9 Å². The molecule has 0 aliphatic carbocycles. The summed E-state index contributed by atoms with van der Waals surface area (Å²) in [7, 11) is 0. The minimum atomic E-state index is -1.96. The summed E-state index contributed by atoms with van der Waals surface area (Å²) in [5.74, 6) is -1.45. The molecule has 1 unspecified atom stereocenters. The largest absolute Gasteiger partial charge is 0.460 e. The van der Waals surface area contributed by atoms with Gasteiger partial charge in [-0.25, -0.2) is 9.59 Å². The number of ether oxygens (including phenoxy) is 3. The monoisotopic (exact) mass is 456 g/mol. The lowest BCUT2D eigenvalue weighted by atomic mass is 9.86. The standard InChI is InChI=1S/C24H28N2O7/c1-17(31-21(27)16-25)32-23(29)26-14-12-20(13-15-26)33-22(28)24(30,18-8-4-2-5-9-18)19-10-6-3-7-11-19/h2-11,17,20,30H,12-16,25H2,1H3. The van der Waals surface area contributed by atoms with Crippen LogP contribution in [0.2, 0.25) is 0 Å². The Balaban J connectivity index is 1.61. The Bertz CT molecular complexity index is 904. The number of nitrogens with zero attached hydrogens (tertiary/aromatic N) is 1. The van der Waals surface area contributed by atoms with Crippen molar-refractivity contribution < 1.29 is 33.7 Å². The van der Waals surface area contributed by atoms with Crippen molar-refractivity contribution >= 4 is 18.0 Å². The second kappa shape index (κ2) is 10.9. The van der Waals surface area contributed by atoms with E-state index in [2.05, 4.69) is 0 Å². The van der Waals surface area contributed by atoms with Crippen LogP contribution in [0.3, 0.4) is 0 Å². The number of amides is 1. The van der Waals surface area contributed by atoms with Crippen molar-refractivity contribution in [1.82, 2.24) is 4.90 Å². The Hall–Kier alpha value is -3.43. The molecule has 3 rings (SSSR count). The van der Waals surface area contributed by atoms with E-state index in [4.69, 9.17) is 19.9 Å². The van der Waals surface area contributed by atoms with Crippen molar-refractivity contribution in [2.75, 3.05) is 19.6 Å². The van der Waals surface area contributed by atoms with E-state index in [1.54, 1.807) is 60.7 Å². The van der Waals surface area contributed by atoms with Crippen LogP contribution < -0.4 is 5.73 Å². The van der Waals surface area contributed by atoms with Crippen LogP contribution in [0.4, 0.5) is 4.79 Å². The van der Waals surface area contributed by atoms with Crippen LogP contribution in [0.5, 0.6) is 0 Å². The zero-order valence-electron chi connectivity index (χ0n) is 18.4. The molecule has 1 amide bonds. The predicted molar refractivity (Wildman–Crippen MR) is 118 cm³/mol. The molecule has 1 heterocycles. The average molecular weight is 456 g/mol. The Morgan fingerprint density at radius 1 is 1.00 bits per heavy atom. The van der Waals surface area contributed by atoms with Crippen molar-refractivity contribution in [2.45, 2.75) is 37.8 Å². The molecule has 1 aliphatic heterocycles. The first kappa shape index (κ1) is 24.2. The third-order valence-electron chi connectivity index (χ3n) is 5.38. The normalized spacial score (nSPS) is 15.4. The molecular formula is C24H28N2O7. The van der Waals surface area contributed by atoms with Gasteiger partial charge in [-0.15, -0.1) is 0 Å². The van der Waals surface area contributed by atoms with Crippen molar-refractivity contribution in [3.63, 3.8) is 0 Å². The average Bonchev–Trinajstić information content (AvgIpc) is 2.84. The molecule has 1 atom stereocenters. The van der Waals surface area contributed by atoms with Gasteiger partial charge < -0.3 is 30.0 Å². The molecule has 1 fully saturated rings. The number of hydrogen-bond donors (Lipinski definition) is 2. The number of piperidine rings is 1. The molecule has 0 saturated carbocycles. The zero-order valence-corrected chi connectivity index (χ0v) is 18.4. The number of hydrogen-bond acceptors (Lipinski definition) is 8. The maximum absolute atomic E-state index is 13.2. The van der Waals surface area contributed by atoms with E-state index in [1.807, 2.05) is 0 Å². The van der Waals surface area contributed by atoms with E-state index in [-0.39, 0.29) is 19.6 Å². The summed E-state index contributed by atoms with van der Waals surface area (Å²) >= 11 is 0. The lowest BCUT2D eigenvalue weighted by Gasteiger charge is -2.34. The third-order valence-corrected chi connectivity index (χ3v) is 5.38. The fourth-order valence-electron chi connectivity index (χ4n) is 3.63. The van der Waals surface area contributed by atoms with Crippen LogP contribution in [-0.4, -0.2) is 60.1 Å². The predicted octanol–water partition coefficient (Wildman–Crippen LogP) is 1.91. The lowest BCUT2D eigenvalue weighted by molar-refractivity contribution is -0.170. The highest BCUT2D eigenvalue weighted by molar-refractivity contribution is 5.85. The molecule has 0 bridgehead atoms. The van der Waals surface area contributed by atoms with Gasteiger partial charge in [0, 0.05) is 32.9 Å². The summed E-state index contributed by atoms with van der Waals surface area (Å²) in [5, 5.41) is 11.5. The first-order valence-corrected chi connectivity index (χ1v) is 10.7. The van der Waals surface area contributed by atoms with Crippen LogP contribution in [0.25, 0.3) is 0 Å². The van der Waals surface area contributed by atoms with Crippen LogP contribution in [0.1, 0.15) is 30.9 Å². The molecule has 9 nitrogen and oxygen atoms in total. The fourth-order valence-corrected chi connectivity index (χ4v) is 3.63. The third kappa shape index (κ3) is 5.88. The molecule has 176 valence electrons. The molecule has 9 heteroatoms. The van der Waals surface area contributed by atoms with Crippen LogP contribution in [-0.2, 0) is 29.4 Å². The van der Waals surface area contributed by atoms with Gasteiger partial charge in [0.25, 0.3) is 0 Å². The van der Waals surface area contributed by atoms with Crippen molar-refractivity contribution in [2.24, 2.45) is 5.73 Å². The second-order valence-corrected chi connectivity index (χ2v) is 7.68. The summed E-state index contributed by atoms with van der Waals surface area (Å²) in [6.07, 6.45) is -1.43. The highest BCUT2D eigenvalue weighted by Gasteiger charge is 2.43. The van der Waals surface area contributed by atoms with Gasteiger partial charge in [0.1, 0.15) is 6.10 Å². The quantitative estimate of drug-likeness (QED) is 0.478. The Morgan fingerprint density at radius 2 is 1.52 bits per heavy atom. The van der Waals surface area contributed by atoms with Gasteiger partial charge in [0.15, 0.2) is 0 Å². The minimum absolute atomic E-state index is 0.281. The van der Waals surface area contributed by atoms with Crippen molar-refractivity contribution in [3.05, 3.63) is 71.8 Å². The van der Waals surface area contributed by atoms with E-state index in [9.17, 15) is 19.5 Å². The van der Waals surface area contributed by atoms with Crippen LogP contribution in [0, 0.1) is 0 Å². The van der Waals surface area contributed by atoms with Gasteiger partial charge in [-0.1, -0.05) is 60.7 Å². The zero-order chi connectivity index (χ0) is 23.8. The minimum Gasteiger partial charge on any atom is -0.460 e. The summed E-state index contributed by atoms with van der Waals surface area (Å²) in [4.78, 5) is 38.1. The number of esters is 2. The van der Waals surface area contributed by atoms with E-state index >= 15 is 0 Å². The molecule has 1 aliphatic rings. The molecule has 33 heavy (non-hydrogen) atoms. The topological polar surface area (TPSA) is 128 Å². The first-order valence-electron chi connectivity index (χ1n) is 10.7. The molecule has 0 spiro atoms. The number of carbonyl (C=O) groups is 3. The van der Waals surface area contributed by atoms with Crippen molar-refractivity contribution in [1.29, 1.82) is 0 Å². The molecule has 3 N–H and O–H groups in total. The number of aliphatic hydroxyl groups is 1. The number of carbonyl (C=O) groups excluding carboxylic acids is 3. The highest BCUT2D eigenvalue weighted by Crippen LogP contribution is 2.32.